The first-order valence-electron chi connectivity index (χ1n) is 6.04. The Hall–Kier alpha value is -1.24. The maximum atomic E-state index is 4.17. The predicted molar refractivity (Wildman–Crippen MR) is 76.8 cm³/mol. The first-order chi connectivity index (χ1) is 8.77. The molecule has 7 heteroatoms. The van der Waals surface area contributed by atoms with Crippen LogP contribution < -0.4 is 10.6 Å². The Labute approximate surface area is 113 Å². The van der Waals surface area contributed by atoms with Crippen LogP contribution in [-0.4, -0.2) is 46.3 Å². The van der Waals surface area contributed by atoms with E-state index in [0.29, 0.717) is 6.54 Å². The second-order valence-electron chi connectivity index (χ2n) is 3.85. The van der Waals surface area contributed by atoms with E-state index in [9.17, 15) is 0 Å². The van der Waals surface area contributed by atoms with Crippen molar-refractivity contribution in [2.24, 2.45) is 12.0 Å². The number of unbranched alkanes of at least 4 members (excludes halogenated alkanes) is 1. The van der Waals surface area contributed by atoms with Crippen LogP contribution in [0.4, 0.5) is 0 Å². The van der Waals surface area contributed by atoms with Crippen molar-refractivity contribution in [2.45, 2.75) is 19.4 Å². The van der Waals surface area contributed by atoms with E-state index in [1.807, 2.05) is 18.8 Å². The topological polar surface area (TPSA) is 67.1 Å². The van der Waals surface area contributed by atoms with Crippen LogP contribution in [0.3, 0.4) is 0 Å². The van der Waals surface area contributed by atoms with Crippen molar-refractivity contribution >= 4 is 17.7 Å². The quantitative estimate of drug-likeness (QED) is 0.432. The number of aliphatic imine (C=N–C) groups is 1. The highest BCUT2D eigenvalue weighted by Gasteiger charge is 2.01. The summed E-state index contributed by atoms with van der Waals surface area (Å²) < 4.78 is 1.75. The molecular weight excluding hydrogens is 248 g/mol. The maximum Gasteiger partial charge on any atom is 0.191 e. The fraction of sp³-hybridized carbons (Fsp3) is 0.727. The lowest BCUT2D eigenvalue weighted by Crippen LogP contribution is -2.37. The lowest BCUT2D eigenvalue weighted by Gasteiger charge is -2.11. The molecule has 0 spiro atoms. The number of aromatic nitrogens is 3. The predicted octanol–water partition coefficient (Wildman–Crippen LogP) is 0.623. The van der Waals surface area contributed by atoms with Crippen LogP contribution in [0.1, 0.15) is 18.7 Å². The number of aryl methyl sites for hydroxylation is 1. The Balaban J connectivity index is 2.20. The van der Waals surface area contributed by atoms with Crippen molar-refractivity contribution < 1.29 is 0 Å². The van der Waals surface area contributed by atoms with E-state index >= 15 is 0 Å². The Kier molecular flexibility index (Phi) is 7.24. The zero-order valence-corrected chi connectivity index (χ0v) is 12.1. The van der Waals surface area contributed by atoms with Gasteiger partial charge >= 0.3 is 0 Å². The Morgan fingerprint density at radius 3 is 2.89 bits per heavy atom. The molecule has 0 unspecified atom stereocenters. The van der Waals surface area contributed by atoms with E-state index in [1.54, 1.807) is 18.1 Å². The van der Waals surface area contributed by atoms with Crippen molar-refractivity contribution in [3.63, 3.8) is 0 Å². The molecule has 1 aromatic heterocycles. The van der Waals surface area contributed by atoms with Gasteiger partial charge in [-0.2, -0.15) is 16.9 Å². The Morgan fingerprint density at radius 1 is 1.44 bits per heavy atom. The summed E-state index contributed by atoms with van der Waals surface area (Å²) in [6, 6.07) is 0. The third kappa shape index (κ3) is 5.39. The van der Waals surface area contributed by atoms with E-state index in [2.05, 4.69) is 32.0 Å². The van der Waals surface area contributed by atoms with Gasteiger partial charge in [0.25, 0.3) is 0 Å². The molecule has 0 fully saturated rings. The fourth-order valence-electron chi connectivity index (χ4n) is 1.44. The van der Waals surface area contributed by atoms with E-state index in [0.717, 1.165) is 24.7 Å². The second kappa shape index (κ2) is 8.79. The second-order valence-corrected chi connectivity index (χ2v) is 4.84. The molecule has 18 heavy (non-hydrogen) atoms. The minimum absolute atomic E-state index is 0.626. The standard InChI is InChI=1S/C11H22N6S/c1-12-11(13-6-4-5-7-18-3)14-8-10-15-9-16-17(10)2/h9H,4-8H2,1-3H3,(H2,12,13,14). The summed E-state index contributed by atoms with van der Waals surface area (Å²) in [6.45, 7) is 1.57. The molecule has 0 aromatic carbocycles. The molecule has 0 saturated carbocycles. The molecule has 2 N–H and O–H groups in total. The van der Waals surface area contributed by atoms with Crippen molar-refractivity contribution in [3.8, 4) is 0 Å². The minimum atomic E-state index is 0.626. The third-order valence-electron chi connectivity index (χ3n) is 2.51. The summed E-state index contributed by atoms with van der Waals surface area (Å²) in [7, 11) is 3.65. The SMILES string of the molecule is CN=C(NCCCCSC)NCc1ncnn1C. The van der Waals surface area contributed by atoms with E-state index in [1.165, 1.54) is 12.2 Å². The molecule has 1 heterocycles. The molecule has 1 rings (SSSR count). The largest absolute Gasteiger partial charge is 0.356 e. The van der Waals surface area contributed by atoms with E-state index in [4.69, 9.17) is 0 Å². The summed E-state index contributed by atoms with van der Waals surface area (Å²) in [5.41, 5.74) is 0. The first kappa shape index (κ1) is 14.8. The van der Waals surface area contributed by atoms with Gasteiger partial charge in [-0.05, 0) is 24.9 Å². The maximum absolute atomic E-state index is 4.17. The molecule has 6 nitrogen and oxygen atoms in total. The van der Waals surface area contributed by atoms with Gasteiger partial charge in [-0.25, -0.2) is 4.98 Å². The molecule has 0 amide bonds. The molecule has 0 aliphatic heterocycles. The number of hydrogen-bond donors (Lipinski definition) is 2. The van der Waals surface area contributed by atoms with Gasteiger partial charge in [0.05, 0.1) is 6.54 Å². The Morgan fingerprint density at radius 2 is 2.28 bits per heavy atom. The number of thioether (sulfide) groups is 1. The molecule has 0 radical (unpaired) electrons. The van der Waals surface area contributed by atoms with Crippen LogP contribution in [0.15, 0.2) is 11.3 Å². The van der Waals surface area contributed by atoms with Crippen LogP contribution in [0, 0.1) is 0 Å². The van der Waals surface area contributed by atoms with Gasteiger partial charge in [0.2, 0.25) is 0 Å². The zero-order valence-electron chi connectivity index (χ0n) is 11.3. The van der Waals surface area contributed by atoms with Gasteiger partial charge in [-0.3, -0.25) is 9.67 Å². The molecule has 0 bridgehead atoms. The molecule has 102 valence electrons. The molecular formula is C11H22N6S. The van der Waals surface area contributed by atoms with Crippen LogP contribution in [-0.2, 0) is 13.6 Å². The summed E-state index contributed by atoms with van der Waals surface area (Å²) in [5, 5.41) is 10.5. The van der Waals surface area contributed by atoms with Crippen molar-refractivity contribution in [3.05, 3.63) is 12.2 Å². The van der Waals surface area contributed by atoms with Crippen LogP contribution in [0.25, 0.3) is 0 Å². The van der Waals surface area contributed by atoms with Crippen LogP contribution >= 0.6 is 11.8 Å². The monoisotopic (exact) mass is 270 g/mol. The molecule has 0 aliphatic carbocycles. The third-order valence-corrected chi connectivity index (χ3v) is 3.21. The molecule has 0 saturated heterocycles. The lowest BCUT2D eigenvalue weighted by atomic mass is 10.3. The molecule has 1 aromatic rings. The smallest absolute Gasteiger partial charge is 0.191 e. The highest BCUT2D eigenvalue weighted by Crippen LogP contribution is 1.97. The van der Waals surface area contributed by atoms with Gasteiger partial charge in [-0.15, -0.1) is 0 Å². The average Bonchev–Trinajstić information content (AvgIpc) is 2.78. The molecule has 0 aliphatic rings. The van der Waals surface area contributed by atoms with E-state index in [-0.39, 0.29) is 0 Å². The van der Waals surface area contributed by atoms with Gasteiger partial charge in [-0.1, -0.05) is 0 Å². The van der Waals surface area contributed by atoms with Gasteiger partial charge in [0.15, 0.2) is 5.96 Å². The van der Waals surface area contributed by atoms with Gasteiger partial charge < -0.3 is 10.6 Å². The number of nitrogens with one attached hydrogen (secondary N) is 2. The van der Waals surface area contributed by atoms with Crippen LogP contribution in [0.5, 0.6) is 0 Å². The number of rotatable bonds is 7. The van der Waals surface area contributed by atoms with Crippen molar-refractivity contribution in [1.82, 2.24) is 25.4 Å². The normalized spacial score (nSPS) is 11.6. The van der Waals surface area contributed by atoms with Crippen molar-refractivity contribution in [1.29, 1.82) is 0 Å². The highest BCUT2D eigenvalue weighted by molar-refractivity contribution is 7.98. The minimum Gasteiger partial charge on any atom is -0.356 e. The van der Waals surface area contributed by atoms with E-state index < -0.39 is 0 Å². The summed E-state index contributed by atoms with van der Waals surface area (Å²) >= 11 is 1.88. The lowest BCUT2D eigenvalue weighted by molar-refractivity contribution is 0.668. The number of nitrogens with zero attached hydrogens (tertiary/aromatic N) is 4. The van der Waals surface area contributed by atoms with Crippen LogP contribution in [0.2, 0.25) is 0 Å². The summed E-state index contributed by atoms with van der Waals surface area (Å²) in [5.74, 6) is 2.91. The average molecular weight is 270 g/mol. The zero-order chi connectivity index (χ0) is 13.2. The molecule has 0 atom stereocenters. The number of guanidine groups is 1. The Bertz CT molecular complexity index is 362. The fourth-order valence-corrected chi connectivity index (χ4v) is 1.93. The number of hydrogen-bond acceptors (Lipinski definition) is 4. The highest BCUT2D eigenvalue weighted by atomic mass is 32.2. The van der Waals surface area contributed by atoms with Crippen molar-refractivity contribution in [2.75, 3.05) is 25.6 Å². The van der Waals surface area contributed by atoms with Gasteiger partial charge in [0, 0.05) is 20.6 Å². The first-order valence-corrected chi connectivity index (χ1v) is 7.43. The summed E-state index contributed by atoms with van der Waals surface area (Å²) in [4.78, 5) is 8.31. The van der Waals surface area contributed by atoms with Gasteiger partial charge in [0.1, 0.15) is 12.2 Å². The summed E-state index contributed by atoms with van der Waals surface area (Å²) in [6.07, 6.45) is 6.07.